The molecule has 1 aliphatic rings. The van der Waals surface area contributed by atoms with Crippen molar-refractivity contribution in [3.63, 3.8) is 0 Å². The van der Waals surface area contributed by atoms with Crippen LogP contribution in [-0.4, -0.2) is 49.1 Å². The van der Waals surface area contributed by atoms with Crippen molar-refractivity contribution in [2.45, 2.75) is 20.4 Å². The van der Waals surface area contributed by atoms with Gasteiger partial charge in [-0.1, -0.05) is 11.6 Å². The molecule has 0 amide bonds. The van der Waals surface area contributed by atoms with Crippen molar-refractivity contribution in [3.05, 3.63) is 52.3 Å². The third kappa shape index (κ3) is 5.20. The molecular formula is C20H27ClIN5O. The Morgan fingerprint density at radius 2 is 1.82 bits per heavy atom. The first-order valence-corrected chi connectivity index (χ1v) is 9.42. The molecule has 0 radical (unpaired) electrons. The SMILES string of the molecule is COc1c(C)cnc(CN=C(N)N2CCN(c3ccc(Cl)cc3)CC2)c1C.I. The maximum Gasteiger partial charge on any atom is 0.191 e. The van der Waals surface area contributed by atoms with Gasteiger partial charge in [-0.2, -0.15) is 0 Å². The molecule has 0 bridgehead atoms. The van der Waals surface area contributed by atoms with Crippen LogP contribution in [0.5, 0.6) is 5.75 Å². The Morgan fingerprint density at radius 1 is 1.18 bits per heavy atom. The van der Waals surface area contributed by atoms with Gasteiger partial charge < -0.3 is 20.3 Å². The van der Waals surface area contributed by atoms with Gasteiger partial charge in [-0.25, -0.2) is 4.99 Å². The van der Waals surface area contributed by atoms with Crippen LogP contribution in [0.15, 0.2) is 35.5 Å². The lowest BCUT2D eigenvalue weighted by Crippen LogP contribution is -2.51. The second kappa shape index (κ2) is 10.2. The molecule has 2 heterocycles. The Morgan fingerprint density at radius 3 is 2.43 bits per heavy atom. The molecular weight excluding hydrogens is 489 g/mol. The summed E-state index contributed by atoms with van der Waals surface area (Å²) < 4.78 is 5.46. The van der Waals surface area contributed by atoms with Crippen molar-refractivity contribution < 1.29 is 4.74 Å². The quantitative estimate of drug-likeness (QED) is 0.383. The van der Waals surface area contributed by atoms with E-state index in [-0.39, 0.29) is 24.0 Å². The van der Waals surface area contributed by atoms with Gasteiger partial charge in [-0.15, -0.1) is 24.0 Å². The molecule has 1 fully saturated rings. The van der Waals surface area contributed by atoms with Gasteiger partial charge in [0.15, 0.2) is 5.96 Å². The van der Waals surface area contributed by atoms with Crippen LogP contribution >= 0.6 is 35.6 Å². The molecule has 8 heteroatoms. The second-order valence-electron chi connectivity index (χ2n) is 6.67. The second-order valence-corrected chi connectivity index (χ2v) is 7.11. The molecule has 0 saturated carbocycles. The highest BCUT2D eigenvalue weighted by Gasteiger charge is 2.19. The Hall–Kier alpha value is -1.74. The number of benzene rings is 1. The van der Waals surface area contributed by atoms with E-state index >= 15 is 0 Å². The number of methoxy groups -OCH3 is 1. The van der Waals surface area contributed by atoms with E-state index in [0.29, 0.717) is 12.5 Å². The van der Waals surface area contributed by atoms with Crippen LogP contribution in [0, 0.1) is 13.8 Å². The van der Waals surface area contributed by atoms with Crippen LogP contribution in [0.25, 0.3) is 0 Å². The summed E-state index contributed by atoms with van der Waals surface area (Å²) in [5, 5.41) is 0.755. The number of halogens is 2. The first-order chi connectivity index (χ1) is 13.0. The minimum absolute atomic E-state index is 0. The van der Waals surface area contributed by atoms with Gasteiger partial charge in [0.25, 0.3) is 0 Å². The van der Waals surface area contributed by atoms with Crippen molar-refractivity contribution in [1.82, 2.24) is 9.88 Å². The van der Waals surface area contributed by atoms with Crippen molar-refractivity contribution in [3.8, 4) is 5.75 Å². The summed E-state index contributed by atoms with van der Waals surface area (Å²) in [4.78, 5) is 13.5. The van der Waals surface area contributed by atoms with Gasteiger partial charge in [0, 0.05) is 54.2 Å². The highest BCUT2D eigenvalue weighted by molar-refractivity contribution is 14.0. The Bertz CT molecular complexity index is 820. The molecule has 1 aromatic heterocycles. The third-order valence-electron chi connectivity index (χ3n) is 4.94. The fraction of sp³-hybridized carbons (Fsp3) is 0.400. The normalized spacial score (nSPS) is 14.6. The molecule has 2 aromatic rings. The number of ether oxygens (including phenoxy) is 1. The molecule has 1 aromatic carbocycles. The maximum absolute atomic E-state index is 6.23. The minimum atomic E-state index is 0. The number of hydrogen-bond acceptors (Lipinski definition) is 4. The fourth-order valence-corrected chi connectivity index (χ4v) is 3.46. The topological polar surface area (TPSA) is 67.0 Å². The lowest BCUT2D eigenvalue weighted by Gasteiger charge is -2.36. The summed E-state index contributed by atoms with van der Waals surface area (Å²) >= 11 is 5.97. The molecule has 3 rings (SSSR count). The van der Waals surface area contributed by atoms with Crippen LogP contribution in [0.2, 0.25) is 5.02 Å². The highest BCUT2D eigenvalue weighted by Crippen LogP contribution is 2.24. The number of anilines is 1. The van der Waals surface area contributed by atoms with Crippen LogP contribution in [-0.2, 0) is 6.54 Å². The first-order valence-electron chi connectivity index (χ1n) is 9.04. The minimum Gasteiger partial charge on any atom is -0.496 e. The van der Waals surface area contributed by atoms with Gasteiger partial charge in [0.05, 0.1) is 19.3 Å². The zero-order valence-corrected chi connectivity index (χ0v) is 19.6. The average Bonchev–Trinajstić information content (AvgIpc) is 2.68. The Labute approximate surface area is 188 Å². The number of nitrogens with two attached hydrogens (primary N) is 1. The number of nitrogens with zero attached hydrogens (tertiary/aromatic N) is 4. The number of aliphatic imine (C=N–C) groups is 1. The van der Waals surface area contributed by atoms with Crippen LogP contribution < -0.4 is 15.4 Å². The summed E-state index contributed by atoms with van der Waals surface area (Å²) in [6.07, 6.45) is 1.82. The van der Waals surface area contributed by atoms with Gasteiger partial charge >= 0.3 is 0 Å². The van der Waals surface area contributed by atoms with Crippen LogP contribution in [0.3, 0.4) is 0 Å². The standard InChI is InChI=1S/C20H26ClN5O.HI/c1-14-12-23-18(15(2)19(14)27-3)13-24-20(22)26-10-8-25(9-11-26)17-6-4-16(21)5-7-17;/h4-7,12H,8-11,13H2,1-3H3,(H2,22,24);1H. The zero-order chi connectivity index (χ0) is 19.4. The number of rotatable bonds is 4. The molecule has 0 unspecified atom stereocenters. The van der Waals surface area contributed by atoms with E-state index in [1.807, 2.05) is 32.2 Å². The number of piperazine rings is 1. The van der Waals surface area contributed by atoms with Gasteiger partial charge in [0.1, 0.15) is 5.75 Å². The van der Waals surface area contributed by atoms with Crippen LogP contribution in [0.1, 0.15) is 16.8 Å². The molecule has 2 N–H and O–H groups in total. The van der Waals surface area contributed by atoms with Gasteiger partial charge in [-0.05, 0) is 38.1 Å². The molecule has 0 atom stereocenters. The summed E-state index contributed by atoms with van der Waals surface area (Å²) in [5.41, 5.74) is 10.3. The first kappa shape index (κ1) is 22.5. The van der Waals surface area contributed by atoms with E-state index < -0.39 is 0 Å². The highest BCUT2D eigenvalue weighted by atomic mass is 127. The number of aryl methyl sites for hydroxylation is 1. The molecule has 6 nitrogen and oxygen atoms in total. The molecule has 1 saturated heterocycles. The van der Waals surface area contributed by atoms with Gasteiger partial charge in [0.2, 0.25) is 0 Å². The smallest absolute Gasteiger partial charge is 0.191 e. The van der Waals surface area contributed by atoms with E-state index in [1.54, 1.807) is 7.11 Å². The van der Waals surface area contributed by atoms with Crippen molar-refractivity contribution in [2.75, 3.05) is 38.2 Å². The fourth-order valence-electron chi connectivity index (χ4n) is 3.33. The number of pyridine rings is 1. The van der Waals surface area contributed by atoms with E-state index in [2.05, 4.69) is 31.9 Å². The zero-order valence-electron chi connectivity index (χ0n) is 16.5. The molecule has 28 heavy (non-hydrogen) atoms. The average molecular weight is 516 g/mol. The molecule has 0 aliphatic carbocycles. The monoisotopic (exact) mass is 515 g/mol. The lowest BCUT2D eigenvalue weighted by molar-refractivity contribution is 0.380. The number of hydrogen-bond donors (Lipinski definition) is 1. The Kier molecular flexibility index (Phi) is 8.18. The van der Waals surface area contributed by atoms with Crippen LogP contribution in [0.4, 0.5) is 5.69 Å². The van der Waals surface area contributed by atoms with E-state index in [1.165, 1.54) is 5.69 Å². The van der Waals surface area contributed by atoms with Crippen molar-refractivity contribution >= 4 is 47.2 Å². The summed E-state index contributed by atoms with van der Waals surface area (Å²) in [5.74, 6) is 1.43. The summed E-state index contributed by atoms with van der Waals surface area (Å²) in [6.45, 7) is 7.90. The molecule has 1 aliphatic heterocycles. The largest absolute Gasteiger partial charge is 0.496 e. The summed E-state index contributed by atoms with van der Waals surface area (Å²) in [7, 11) is 1.68. The predicted octanol–water partition coefficient (Wildman–Crippen LogP) is 3.62. The third-order valence-corrected chi connectivity index (χ3v) is 5.19. The lowest BCUT2D eigenvalue weighted by atomic mass is 10.1. The maximum atomic E-state index is 6.23. The Balaban J connectivity index is 0.00000280. The summed E-state index contributed by atoms with van der Waals surface area (Å²) in [6, 6.07) is 7.94. The van der Waals surface area contributed by atoms with Crippen molar-refractivity contribution in [1.29, 1.82) is 0 Å². The molecule has 0 spiro atoms. The van der Waals surface area contributed by atoms with Gasteiger partial charge in [-0.3, -0.25) is 4.98 Å². The number of aromatic nitrogens is 1. The molecule has 152 valence electrons. The number of guanidine groups is 1. The van der Waals surface area contributed by atoms with E-state index in [9.17, 15) is 0 Å². The van der Waals surface area contributed by atoms with E-state index in [4.69, 9.17) is 22.1 Å². The predicted molar refractivity (Wildman–Crippen MR) is 126 cm³/mol. The van der Waals surface area contributed by atoms with E-state index in [0.717, 1.165) is 53.8 Å². The van der Waals surface area contributed by atoms with Crippen molar-refractivity contribution in [2.24, 2.45) is 10.7 Å².